The lowest BCUT2D eigenvalue weighted by Gasteiger charge is -2.33. The van der Waals surface area contributed by atoms with E-state index in [1.165, 1.54) is 9.80 Å². The molecule has 0 radical (unpaired) electrons. The van der Waals surface area contributed by atoms with Crippen molar-refractivity contribution in [3.8, 4) is 0 Å². The van der Waals surface area contributed by atoms with E-state index >= 15 is 0 Å². The monoisotopic (exact) mass is 495 g/mol. The summed E-state index contributed by atoms with van der Waals surface area (Å²) in [6, 6.07) is -2.44. The molecule has 6 atom stereocenters. The zero-order valence-corrected chi connectivity index (χ0v) is 23.6. The Hall–Kier alpha value is -2.12. The van der Waals surface area contributed by atoms with E-state index in [9.17, 15) is 19.2 Å². The van der Waals surface area contributed by atoms with Crippen LogP contribution in [0.15, 0.2) is 0 Å². The van der Waals surface area contributed by atoms with Gasteiger partial charge in [-0.25, -0.2) is 4.79 Å². The van der Waals surface area contributed by atoms with E-state index in [1.54, 1.807) is 21.0 Å². The van der Waals surface area contributed by atoms with Crippen LogP contribution in [-0.2, 0) is 23.9 Å². The van der Waals surface area contributed by atoms with Crippen molar-refractivity contribution < 1.29 is 23.9 Å². The van der Waals surface area contributed by atoms with Crippen LogP contribution < -0.4 is 5.32 Å². The number of unbranched alkanes of at least 4 members (excludes halogenated alkanes) is 1. The number of nitrogens with one attached hydrogen (secondary N) is 1. The van der Waals surface area contributed by atoms with Gasteiger partial charge in [0.15, 0.2) is 0 Å². The lowest BCUT2D eigenvalue weighted by Crippen LogP contribution is -2.58. The average Bonchev–Trinajstić information content (AvgIpc) is 2.84. The van der Waals surface area contributed by atoms with Crippen LogP contribution in [0.25, 0.3) is 0 Å². The maximum absolute atomic E-state index is 13.5. The summed E-state index contributed by atoms with van der Waals surface area (Å²) in [7, 11) is 3.23. The number of hydrogen-bond donors (Lipinski definition) is 1. The van der Waals surface area contributed by atoms with Gasteiger partial charge in [-0.2, -0.15) is 0 Å². The van der Waals surface area contributed by atoms with Crippen LogP contribution in [0.1, 0.15) is 87.5 Å². The summed E-state index contributed by atoms with van der Waals surface area (Å²) in [4.78, 5) is 55.4. The maximum atomic E-state index is 13.5. The van der Waals surface area contributed by atoms with Gasteiger partial charge in [-0.3, -0.25) is 14.4 Å². The Morgan fingerprint density at radius 3 is 2.20 bits per heavy atom. The van der Waals surface area contributed by atoms with Crippen LogP contribution in [0.5, 0.6) is 0 Å². The van der Waals surface area contributed by atoms with Crippen LogP contribution >= 0.6 is 0 Å². The summed E-state index contributed by atoms with van der Waals surface area (Å²) < 4.78 is 5.53. The highest BCUT2D eigenvalue weighted by Crippen LogP contribution is 2.23. The van der Waals surface area contributed by atoms with Crippen molar-refractivity contribution in [2.75, 3.05) is 14.1 Å². The van der Waals surface area contributed by atoms with Crippen LogP contribution in [0.3, 0.4) is 0 Å². The van der Waals surface area contributed by atoms with E-state index < -0.39 is 36.1 Å². The molecule has 1 N–H and O–H groups in total. The number of esters is 1. The Balaban J connectivity index is 3.05. The minimum atomic E-state index is -1.01. The Labute approximate surface area is 212 Å². The number of amides is 3. The SMILES string of the molecule is CCCCC(C)CC(C)C(=O)N(C)[C@@H](CC(C)C)C(=O)N[C@@H]1C(=O)N(C)[C@@H](C(C)C)C(=O)O[C@@H]1C. The number of carbonyl (C=O) groups excluding carboxylic acids is 4. The van der Waals surface area contributed by atoms with Gasteiger partial charge >= 0.3 is 5.97 Å². The number of carbonyl (C=O) groups is 4. The number of nitrogens with zero attached hydrogens (tertiary/aromatic N) is 2. The lowest BCUT2D eigenvalue weighted by molar-refractivity contribution is -0.154. The van der Waals surface area contributed by atoms with Crippen LogP contribution in [0.4, 0.5) is 0 Å². The van der Waals surface area contributed by atoms with Crippen molar-refractivity contribution in [1.82, 2.24) is 15.1 Å². The molecule has 1 aliphatic heterocycles. The predicted octanol–water partition coefficient (Wildman–Crippen LogP) is 3.63. The van der Waals surface area contributed by atoms with Crippen LogP contribution in [0.2, 0.25) is 0 Å². The Kier molecular flexibility index (Phi) is 12.2. The minimum absolute atomic E-state index is 0.0715. The summed E-state index contributed by atoms with van der Waals surface area (Å²) in [6.07, 6.45) is 3.77. The molecule has 1 aliphatic rings. The first-order chi connectivity index (χ1) is 16.2. The second-order valence-electron chi connectivity index (χ2n) is 11.2. The zero-order valence-electron chi connectivity index (χ0n) is 23.6. The number of rotatable bonds is 12. The maximum Gasteiger partial charge on any atom is 0.329 e. The summed E-state index contributed by atoms with van der Waals surface area (Å²) in [5, 5.41) is 2.82. The molecule has 3 amide bonds. The lowest BCUT2D eigenvalue weighted by atomic mass is 9.91. The van der Waals surface area contributed by atoms with Crippen LogP contribution in [0, 0.1) is 23.7 Å². The van der Waals surface area contributed by atoms with Crippen molar-refractivity contribution >= 4 is 23.7 Å². The molecule has 1 fully saturated rings. The van der Waals surface area contributed by atoms with Crippen molar-refractivity contribution in [3.63, 3.8) is 0 Å². The fourth-order valence-electron chi connectivity index (χ4n) is 4.95. The predicted molar refractivity (Wildman–Crippen MR) is 137 cm³/mol. The van der Waals surface area contributed by atoms with E-state index in [0.29, 0.717) is 12.3 Å². The smallest absolute Gasteiger partial charge is 0.329 e. The molecular weight excluding hydrogens is 446 g/mol. The number of hydrogen-bond acceptors (Lipinski definition) is 5. The third-order valence-electron chi connectivity index (χ3n) is 7.01. The highest BCUT2D eigenvalue weighted by Gasteiger charge is 2.44. The van der Waals surface area contributed by atoms with Gasteiger partial charge in [-0.15, -0.1) is 0 Å². The molecule has 202 valence electrons. The first kappa shape index (κ1) is 30.9. The van der Waals surface area contributed by atoms with E-state index in [0.717, 1.165) is 25.7 Å². The first-order valence-electron chi connectivity index (χ1n) is 13.3. The van der Waals surface area contributed by atoms with Gasteiger partial charge in [0.2, 0.25) is 17.7 Å². The van der Waals surface area contributed by atoms with E-state index in [-0.39, 0.29) is 29.6 Å². The van der Waals surface area contributed by atoms with Gasteiger partial charge in [0.05, 0.1) is 0 Å². The fourth-order valence-corrected chi connectivity index (χ4v) is 4.95. The second kappa shape index (κ2) is 13.8. The molecule has 0 spiro atoms. The van der Waals surface area contributed by atoms with E-state index in [4.69, 9.17) is 4.74 Å². The number of cyclic esters (lactones) is 1. The average molecular weight is 496 g/mol. The second-order valence-corrected chi connectivity index (χ2v) is 11.2. The first-order valence-corrected chi connectivity index (χ1v) is 13.3. The molecular formula is C27H49N3O5. The summed E-state index contributed by atoms with van der Waals surface area (Å²) in [5.41, 5.74) is 0. The zero-order chi connectivity index (χ0) is 27.0. The standard InChI is InChI=1S/C27H49N3O5/c1-11-12-13-18(6)15-19(7)25(32)29(9)21(14-16(2)3)24(31)28-22-20(8)35-27(34)23(17(4)5)30(10)26(22)33/h16-23H,11-15H2,1-10H3,(H,28,31)/t18?,19?,20-,21+,22+,23+/m1/s1. The summed E-state index contributed by atoms with van der Waals surface area (Å²) in [5.74, 6) is -1.06. The molecule has 8 nitrogen and oxygen atoms in total. The molecule has 0 saturated carbocycles. The highest BCUT2D eigenvalue weighted by atomic mass is 16.5. The fraction of sp³-hybridized carbons (Fsp3) is 0.852. The number of ether oxygens (including phenoxy) is 1. The van der Waals surface area contributed by atoms with Crippen molar-refractivity contribution in [2.24, 2.45) is 23.7 Å². The van der Waals surface area contributed by atoms with Crippen molar-refractivity contribution in [1.29, 1.82) is 0 Å². The van der Waals surface area contributed by atoms with Gasteiger partial charge in [0.25, 0.3) is 0 Å². The largest absolute Gasteiger partial charge is 0.458 e. The van der Waals surface area contributed by atoms with Crippen LogP contribution in [-0.4, -0.2) is 71.8 Å². The molecule has 0 aromatic rings. The molecule has 2 unspecified atom stereocenters. The molecule has 35 heavy (non-hydrogen) atoms. The third kappa shape index (κ3) is 8.50. The molecule has 1 saturated heterocycles. The third-order valence-corrected chi connectivity index (χ3v) is 7.01. The van der Waals surface area contributed by atoms with Gasteiger partial charge in [0, 0.05) is 20.0 Å². The Morgan fingerprint density at radius 2 is 1.69 bits per heavy atom. The van der Waals surface area contributed by atoms with Gasteiger partial charge in [-0.05, 0) is 37.5 Å². The molecule has 0 aromatic heterocycles. The van der Waals surface area contributed by atoms with E-state index in [2.05, 4.69) is 19.2 Å². The van der Waals surface area contributed by atoms with Crippen molar-refractivity contribution in [3.05, 3.63) is 0 Å². The normalized spacial score (nSPS) is 23.5. The van der Waals surface area contributed by atoms with Gasteiger partial charge in [-0.1, -0.05) is 67.7 Å². The molecule has 1 rings (SSSR count). The van der Waals surface area contributed by atoms with Gasteiger partial charge in [0.1, 0.15) is 24.2 Å². The molecule has 0 bridgehead atoms. The molecule has 1 heterocycles. The number of likely N-dealkylation sites (N-methyl/N-ethyl adjacent to an activating group) is 2. The molecule has 0 aromatic carbocycles. The molecule has 0 aliphatic carbocycles. The topological polar surface area (TPSA) is 96.0 Å². The summed E-state index contributed by atoms with van der Waals surface area (Å²) in [6.45, 7) is 15.6. The quantitative estimate of drug-likeness (QED) is 0.417. The highest BCUT2D eigenvalue weighted by molar-refractivity contribution is 5.95. The van der Waals surface area contributed by atoms with Crippen molar-refractivity contribution in [2.45, 2.75) is 112 Å². The Morgan fingerprint density at radius 1 is 1.09 bits per heavy atom. The van der Waals surface area contributed by atoms with Gasteiger partial charge < -0.3 is 19.9 Å². The minimum Gasteiger partial charge on any atom is -0.458 e. The summed E-state index contributed by atoms with van der Waals surface area (Å²) >= 11 is 0. The Bertz CT molecular complexity index is 738. The van der Waals surface area contributed by atoms with E-state index in [1.807, 2.05) is 34.6 Å². The molecule has 8 heteroatoms.